The number of carbonyl (C=O) groups is 3. The van der Waals surface area contributed by atoms with E-state index in [9.17, 15) is 29.7 Å². The Kier molecular flexibility index (Phi) is 11.6. The fraction of sp³-hybridized carbons (Fsp3) is 0.500. The van der Waals surface area contributed by atoms with E-state index >= 15 is 0 Å². The van der Waals surface area contributed by atoms with Gasteiger partial charge in [0.1, 0.15) is 5.60 Å². The molecule has 9 heteroatoms. The minimum absolute atomic E-state index is 0. The summed E-state index contributed by atoms with van der Waals surface area (Å²) in [6.07, 6.45) is -2.72. The zero-order chi connectivity index (χ0) is 10.6. The van der Waals surface area contributed by atoms with E-state index in [4.69, 9.17) is 5.11 Å². The van der Waals surface area contributed by atoms with E-state index in [0.29, 0.717) is 0 Å². The number of aliphatic carboxylic acids is 3. The molecule has 0 aliphatic rings. The first kappa shape index (κ1) is 20.6. The van der Waals surface area contributed by atoms with E-state index in [0.717, 1.165) is 0 Å². The average Bonchev–Trinajstić information content (AvgIpc) is 1.82. The van der Waals surface area contributed by atoms with Crippen LogP contribution in [0.1, 0.15) is 12.8 Å². The molecule has 0 aliphatic carbocycles. The molecule has 0 rings (SSSR count). The van der Waals surface area contributed by atoms with Gasteiger partial charge in [0.05, 0.1) is 5.97 Å². The molecule has 15 heavy (non-hydrogen) atoms. The summed E-state index contributed by atoms with van der Waals surface area (Å²) in [7, 11) is 0. The van der Waals surface area contributed by atoms with Crippen LogP contribution in [0, 0.1) is 0 Å². The SMILES string of the molecule is O=C([O-])CC(O)(CC(=O)[O-])C(=O)[O-].[Na+].[Zr+2]. The van der Waals surface area contributed by atoms with Gasteiger partial charge in [0.2, 0.25) is 0 Å². The summed E-state index contributed by atoms with van der Waals surface area (Å²) in [4.78, 5) is 30.0. The second-order valence-corrected chi connectivity index (χ2v) is 2.42. The Labute approximate surface area is 126 Å². The van der Waals surface area contributed by atoms with Crippen molar-refractivity contribution >= 4 is 17.9 Å². The Morgan fingerprint density at radius 1 is 1.00 bits per heavy atom. The van der Waals surface area contributed by atoms with Crippen molar-refractivity contribution in [2.45, 2.75) is 18.4 Å². The van der Waals surface area contributed by atoms with Crippen molar-refractivity contribution in [1.82, 2.24) is 0 Å². The summed E-state index contributed by atoms with van der Waals surface area (Å²) in [5, 5.41) is 38.9. The maximum absolute atomic E-state index is 10.1. The molecule has 0 aromatic rings. The molecular formula is C6H5NaO7Zr. The fourth-order valence-corrected chi connectivity index (χ4v) is 0.684. The molecule has 0 unspecified atom stereocenters. The quantitative estimate of drug-likeness (QED) is 0.497. The summed E-state index contributed by atoms with van der Waals surface area (Å²) < 4.78 is 0. The van der Waals surface area contributed by atoms with Gasteiger partial charge in [0, 0.05) is 24.8 Å². The number of carbonyl (C=O) groups excluding carboxylic acids is 3. The van der Waals surface area contributed by atoms with Crippen LogP contribution in [0.5, 0.6) is 0 Å². The molecule has 0 aliphatic heterocycles. The number of carboxylic acid groups (broad SMARTS) is 3. The Morgan fingerprint density at radius 3 is 1.40 bits per heavy atom. The summed E-state index contributed by atoms with van der Waals surface area (Å²) in [5.74, 6) is -5.98. The van der Waals surface area contributed by atoms with Crippen LogP contribution in [0.4, 0.5) is 0 Å². The second-order valence-electron chi connectivity index (χ2n) is 2.42. The van der Waals surface area contributed by atoms with E-state index in [-0.39, 0.29) is 55.8 Å². The molecule has 76 valence electrons. The predicted octanol–water partition coefficient (Wildman–Crippen LogP) is -8.25. The third kappa shape index (κ3) is 8.10. The number of hydrogen-bond donors (Lipinski definition) is 1. The molecule has 0 spiro atoms. The van der Waals surface area contributed by atoms with Gasteiger partial charge in [-0.3, -0.25) is 0 Å². The number of carboxylic acids is 3. The minimum Gasteiger partial charge on any atom is -0.550 e. The van der Waals surface area contributed by atoms with Crippen molar-refractivity contribution in [2.24, 2.45) is 0 Å². The maximum atomic E-state index is 10.1. The number of aliphatic hydroxyl groups is 1. The molecule has 0 heterocycles. The zero-order valence-electron chi connectivity index (χ0n) is 7.81. The largest absolute Gasteiger partial charge is 2.00 e. The first-order valence-electron chi connectivity index (χ1n) is 3.11. The van der Waals surface area contributed by atoms with E-state index in [1.165, 1.54) is 0 Å². The molecule has 7 nitrogen and oxygen atoms in total. The van der Waals surface area contributed by atoms with Crippen molar-refractivity contribution in [1.29, 1.82) is 0 Å². The second kappa shape index (κ2) is 8.41. The average molecular weight is 303 g/mol. The maximum Gasteiger partial charge on any atom is 2.00 e. The van der Waals surface area contributed by atoms with Gasteiger partial charge in [-0.2, -0.15) is 0 Å². The third-order valence-electron chi connectivity index (χ3n) is 1.25. The van der Waals surface area contributed by atoms with Gasteiger partial charge in [0.25, 0.3) is 0 Å². The van der Waals surface area contributed by atoms with Gasteiger partial charge in [-0.15, -0.1) is 0 Å². The van der Waals surface area contributed by atoms with Gasteiger partial charge in [-0.05, 0) is 0 Å². The molecule has 0 fully saturated rings. The van der Waals surface area contributed by atoms with Crippen LogP contribution >= 0.6 is 0 Å². The van der Waals surface area contributed by atoms with Crippen LogP contribution in [0.3, 0.4) is 0 Å². The van der Waals surface area contributed by atoms with Crippen LogP contribution in [-0.2, 0) is 40.6 Å². The summed E-state index contributed by atoms with van der Waals surface area (Å²) >= 11 is 0. The van der Waals surface area contributed by atoms with Crippen molar-refractivity contribution in [3.8, 4) is 0 Å². The molecule has 1 N–H and O–H groups in total. The van der Waals surface area contributed by atoms with Gasteiger partial charge in [-0.25, -0.2) is 0 Å². The molecule has 0 aromatic heterocycles. The topological polar surface area (TPSA) is 141 Å². The summed E-state index contributed by atoms with van der Waals surface area (Å²) in [6.45, 7) is 0. The van der Waals surface area contributed by atoms with E-state index in [1.807, 2.05) is 0 Å². The summed E-state index contributed by atoms with van der Waals surface area (Å²) in [5.41, 5.74) is -2.97. The molecule has 0 amide bonds. The van der Waals surface area contributed by atoms with Crippen molar-refractivity contribution in [3.63, 3.8) is 0 Å². The van der Waals surface area contributed by atoms with Gasteiger partial charge in [0.15, 0.2) is 0 Å². The van der Waals surface area contributed by atoms with E-state index in [1.54, 1.807) is 0 Å². The van der Waals surface area contributed by atoms with E-state index in [2.05, 4.69) is 0 Å². The normalized spacial score (nSPS) is 9.40. The molecule has 0 saturated carbocycles. The van der Waals surface area contributed by atoms with Crippen molar-refractivity contribution in [2.75, 3.05) is 0 Å². The first-order chi connectivity index (χ1) is 5.78. The predicted molar refractivity (Wildman–Crippen MR) is 29.2 cm³/mol. The zero-order valence-corrected chi connectivity index (χ0v) is 12.3. The van der Waals surface area contributed by atoms with Crippen LogP contribution in [0.2, 0.25) is 0 Å². The standard InChI is InChI=1S/C6H8O7.Na.Zr/c7-3(8)1-6(13,5(11)12)2-4(9)10;;/h13H,1-2H2,(H,7,8)(H,9,10)(H,11,12);;/q;+1;+2/p-3. The van der Waals surface area contributed by atoms with Gasteiger partial charge in [-0.1, -0.05) is 0 Å². The number of hydrogen-bond acceptors (Lipinski definition) is 7. The van der Waals surface area contributed by atoms with Crippen LogP contribution in [-0.4, -0.2) is 28.6 Å². The molecule has 0 saturated heterocycles. The van der Waals surface area contributed by atoms with Gasteiger partial charge < -0.3 is 34.8 Å². The Balaban J connectivity index is -0.000000720. The third-order valence-corrected chi connectivity index (χ3v) is 1.25. The summed E-state index contributed by atoms with van der Waals surface area (Å²) in [6, 6.07) is 0. The fourth-order valence-electron chi connectivity index (χ4n) is 0.684. The van der Waals surface area contributed by atoms with Crippen LogP contribution < -0.4 is 44.9 Å². The first-order valence-corrected chi connectivity index (χ1v) is 3.11. The monoisotopic (exact) mass is 302 g/mol. The Morgan fingerprint density at radius 2 is 1.27 bits per heavy atom. The Bertz CT molecular complexity index is 238. The number of rotatable bonds is 5. The Hall–Kier alpha value is 0.253. The van der Waals surface area contributed by atoms with E-state index < -0.39 is 36.4 Å². The van der Waals surface area contributed by atoms with Crippen molar-refractivity contribution < 1.29 is 90.6 Å². The molecule has 0 aromatic carbocycles. The molecule has 0 bridgehead atoms. The molecule has 0 atom stereocenters. The van der Waals surface area contributed by atoms with Crippen LogP contribution in [0.15, 0.2) is 0 Å². The van der Waals surface area contributed by atoms with Gasteiger partial charge >= 0.3 is 55.8 Å². The molecule has 0 radical (unpaired) electrons. The van der Waals surface area contributed by atoms with Crippen molar-refractivity contribution in [3.05, 3.63) is 0 Å². The van der Waals surface area contributed by atoms with Crippen LogP contribution in [0.25, 0.3) is 0 Å². The smallest absolute Gasteiger partial charge is 0.550 e. The minimum atomic E-state index is -2.97. The molecular weight excluding hydrogens is 298 g/mol.